The second-order valence-corrected chi connectivity index (χ2v) is 5.05. The van der Waals surface area contributed by atoms with Gasteiger partial charge in [0, 0.05) is 6.54 Å². The summed E-state index contributed by atoms with van der Waals surface area (Å²) in [6, 6.07) is 0. The highest BCUT2D eigenvalue weighted by molar-refractivity contribution is 6.33. The van der Waals surface area contributed by atoms with Crippen molar-refractivity contribution in [2.45, 2.75) is 32.7 Å². The van der Waals surface area contributed by atoms with Crippen LogP contribution in [-0.2, 0) is 13.0 Å². The number of aromatic nitrogens is 4. The predicted octanol–water partition coefficient (Wildman–Crippen LogP) is 1.84. The number of Topliss-reactive ketones (excluding diaryl/α,β-unsaturated/α-hetero) is 1. The van der Waals surface area contributed by atoms with E-state index in [2.05, 4.69) is 10.2 Å². The van der Waals surface area contributed by atoms with Gasteiger partial charge in [-0.25, -0.2) is 0 Å². The van der Waals surface area contributed by atoms with Crippen molar-refractivity contribution in [1.82, 2.24) is 19.6 Å². The molecular weight excluding hydrogens is 266 g/mol. The standard InChI is InChI=1S/C12H14ClN5O/c1-7(19)8-6-15-18(11(8)14)12-10(13)9-4-2-3-5-17(9)16-12/h6H,2-5,14H2,1H3. The maximum atomic E-state index is 11.4. The van der Waals surface area contributed by atoms with Gasteiger partial charge in [-0.3, -0.25) is 9.48 Å². The van der Waals surface area contributed by atoms with Crippen molar-refractivity contribution in [3.8, 4) is 5.82 Å². The molecule has 0 fully saturated rings. The zero-order chi connectivity index (χ0) is 13.6. The van der Waals surface area contributed by atoms with Gasteiger partial charge < -0.3 is 5.73 Å². The minimum absolute atomic E-state index is 0.121. The van der Waals surface area contributed by atoms with Crippen molar-refractivity contribution in [2.24, 2.45) is 0 Å². The Hall–Kier alpha value is -1.82. The van der Waals surface area contributed by atoms with E-state index in [0.29, 0.717) is 16.4 Å². The monoisotopic (exact) mass is 279 g/mol. The Kier molecular flexibility index (Phi) is 2.82. The van der Waals surface area contributed by atoms with Gasteiger partial charge in [-0.05, 0) is 26.2 Å². The Labute approximate surface area is 115 Å². The van der Waals surface area contributed by atoms with Gasteiger partial charge in [-0.15, -0.1) is 0 Å². The average Bonchev–Trinajstić information content (AvgIpc) is 2.91. The minimum Gasteiger partial charge on any atom is -0.383 e. The van der Waals surface area contributed by atoms with Gasteiger partial charge in [0.1, 0.15) is 10.8 Å². The molecule has 0 aromatic carbocycles. The molecule has 100 valence electrons. The van der Waals surface area contributed by atoms with Crippen LogP contribution in [0.15, 0.2) is 6.20 Å². The molecule has 0 aliphatic carbocycles. The third-order valence-electron chi connectivity index (χ3n) is 3.40. The molecule has 19 heavy (non-hydrogen) atoms. The second-order valence-electron chi connectivity index (χ2n) is 4.68. The van der Waals surface area contributed by atoms with Crippen LogP contribution in [0.25, 0.3) is 5.82 Å². The van der Waals surface area contributed by atoms with Crippen molar-refractivity contribution in [3.05, 3.63) is 22.5 Å². The van der Waals surface area contributed by atoms with Gasteiger partial charge in [-0.1, -0.05) is 11.6 Å². The lowest BCUT2D eigenvalue weighted by Gasteiger charge is -2.12. The summed E-state index contributed by atoms with van der Waals surface area (Å²) in [6.45, 7) is 2.31. The molecule has 0 bridgehead atoms. The van der Waals surface area contributed by atoms with Crippen LogP contribution in [0.5, 0.6) is 0 Å². The largest absolute Gasteiger partial charge is 0.383 e. The summed E-state index contributed by atoms with van der Waals surface area (Å²) in [7, 11) is 0. The van der Waals surface area contributed by atoms with Crippen molar-refractivity contribution >= 4 is 23.2 Å². The Morgan fingerprint density at radius 1 is 1.47 bits per heavy atom. The molecule has 3 rings (SSSR count). The van der Waals surface area contributed by atoms with E-state index in [1.807, 2.05) is 4.68 Å². The zero-order valence-corrected chi connectivity index (χ0v) is 11.3. The number of hydrogen-bond acceptors (Lipinski definition) is 4. The van der Waals surface area contributed by atoms with Crippen molar-refractivity contribution in [2.75, 3.05) is 5.73 Å². The molecule has 2 aromatic heterocycles. The van der Waals surface area contributed by atoms with Crippen molar-refractivity contribution in [3.63, 3.8) is 0 Å². The highest BCUT2D eigenvalue weighted by Crippen LogP contribution is 2.30. The number of nitrogens with zero attached hydrogens (tertiary/aromatic N) is 4. The first-order valence-corrected chi connectivity index (χ1v) is 6.57. The van der Waals surface area contributed by atoms with Crippen molar-refractivity contribution < 1.29 is 4.79 Å². The summed E-state index contributed by atoms with van der Waals surface area (Å²) in [5.74, 6) is 0.664. The first kappa shape index (κ1) is 12.2. The fraction of sp³-hybridized carbons (Fsp3) is 0.417. The lowest BCUT2D eigenvalue weighted by atomic mass is 10.1. The molecule has 3 heterocycles. The van der Waals surface area contributed by atoms with E-state index < -0.39 is 0 Å². The molecule has 0 saturated carbocycles. The molecule has 2 aromatic rings. The van der Waals surface area contributed by atoms with Crippen LogP contribution in [0.1, 0.15) is 35.8 Å². The van der Waals surface area contributed by atoms with E-state index in [0.717, 1.165) is 31.5 Å². The molecule has 7 heteroatoms. The number of carbonyl (C=O) groups excluding carboxylic acids is 1. The molecule has 0 amide bonds. The molecule has 6 nitrogen and oxygen atoms in total. The van der Waals surface area contributed by atoms with Crippen LogP contribution in [0.2, 0.25) is 5.02 Å². The third-order valence-corrected chi connectivity index (χ3v) is 3.78. The number of halogens is 1. The van der Waals surface area contributed by atoms with E-state index in [1.54, 1.807) is 0 Å². The Bertz CT molecular complexity index is 657. The molecule has 1 aliphatic heterocycles. The first-order chi connectivity index (χ1) is 9.09. The summed E-state index contributed by atoms with van der Waals surface area (Å²) in [5, 5.41) is 9.14. The highest BCUT2D eigenvalue weighted by atomic mass is 35.5. The molecule has 1 aliphatic rings. The van der Waals surface area contributed by atoms with Crippen LogP contribution < -0.4 is 5.73 Å². The van der Waals surface area contributed by atoms with Gasteiger partial charge in [-0.2, -0.15) is 14.9 Å². The summed E-state index contributed by atoms with van der Waals surface area (Å²) in [6.07, 6.45) is 4.56. The van der Waals surface area contributed by atoms with E-state index in [-0.39, 0.29) is 11.6 Å². The summed E-state index contributed by atoms with van der Waals surface area (Å²) in [5.41, 5.74) is 7.34. The first-order valence-electron chi connectivity index (χ1n) is 6.19. The molecule has 0 atom stereocenters. The SMILES string of the molecule is CC(=O)c1cnn(-c2nn3c(c2Cl)CCCC3)c1N. The van der Waals surface area contributed by atoms with Crippen LogP contribution in [0, 0.1) is 0 Å². The Balaban J connectivity index is 2.12. The summed E-state index contributed by atoms with van der Waals surface area (Å²) < 4.78 is 3.33. The third kappa shape index (κ3) is 1.83. The Morgan fingerprint density at radius 3 is 2.89 bits per heavy atom. The molecule has 2 N–H and O–H groups in total. The average molecular weight is 280 g/mol. The normalized spacial score (nSPS) is 14.4. The molecule has 0 radical (unpaired) electrons. The number of nitrogens with two attached hydrogens (primary N) is 1. The molecule has 0 spiro atoms. The van der Waals surface area contributed by atoms with Gasteiger partial charge >= 0.3 is 0 Å². The molecule has 0 saturated heterocycles. The Morgan fingerprint density at radius 2 is 2.26 bits per heavy atom. The molecule has 0 unspecified atom stereocenters. The number of fused-ring (bicyclic) bond motifs is 1. The second kappa shape index (κ2) is 4.38. The van der Waals surface area contributed by atoms with Gasteiger partial charge in [0.2, 0.25) is 0 Å². The van der Waals surface area contributed by atoms with E-state index >= 15 is 0 Å². The van der Waals surface area contributed by atoms with Crippen molar-refractivity contribution in [1.29, 1.82) is 0 Å². The summed E-state index contributed by atoms with van der Waals surface area (Å²) in [4.78, 5) is 11.4. The maximum Gasteiger partial charge on any atom is 0.196 e. The number of nitrogen functional groups attached to an aromatic ring is 1. The highest BCUT2D eigenvalue weighted by Gasteiger charge is 2.23. The fourth-order valence-corrected chi connectivity index (χ4v) is 2.68. The van der Waals surface area contributed by atoms with E-state index in [4.69, 9.17) is 17.3 Å². The number of aryl methyl sites for hydroxylation is 1. The predicted molar refractivity (Wildman–Crippen MR) is 71.7 cm³/mol. The number of hydrogen-bond donors (Lipinski definition) is 1. The quantitative estimate of drug-likeness (QED) is 0.851. The number of rotatable bonds is 2. The van der Waals surface area contributed by atoms with Crippen LogP contribution >= 0.6 is 11.6 Å². The topological polar surface area (TPSA) is 78.7 Å². The fourth-order valence-electron chi connectivity index (χ4n) is 2.37. The van der Waals surface area contributed by atoms with Crippen LogP contribution in [0.3, 0.4) is 0 Å². The van der Waals surface area contributed by atoms with Gasteiger partial charge in [0.05, 0.1) is 17.5 Å². The number of carbonyl (C=O) groups is 1. The minimum atomic E-state index is -0.121. The lowest BCUT2D eigenvalue weighted by molar-refractivity contribution is 0.101. The van der Waals surface area contributed by atoms with Gasteiger partial charge in [0.25, 0.3) is 0 Å². The van der Waals surface area contributed by atoms with Gasteiger partial charge in [0.15, 0.2) is 11.6 Å². The number of anilines is 1. The maximum absolute atomic E-state index is 11.4. The van der Waals surface area contributed by atoms with E-state index in [1.165, 1.54) is 17.8 Å². The lowest BCUT2D eigenvalue weighted by Crippen LogP contribution is -2.11. The van der Waals surface area contributed by atoms with Crippen LogP contribution in [0.4, 0.5) is 5.82 Å². The summed E-state index contributed by atoms with van der Waals surface area (Å²) >= 11 is 6.35. The smallest absolute Gasteiger partial charge is 0.196 e. The number of ketones is 1. The van der Waals surface area contributed by atoms with Crippen LogP contribution in [-0.4, -0.2) is 25.3 Å². The molecular formula is C12H14ClN5O. The zero-order valence-electron chi connectivity index (χ0n) is 10.6. The van der Waals surface area contributed by atoms with E-state index in [9.17, 15) is 4.79 Å².